The largest absolute Gasteiger partial charge is 0.433 e. The van der Waals surface area contributed by atoms with E-state index >= 15 is 0 Å². The highest BCUT2D eigenvalue weighted by Gasteiger charge is 2.35. The third kappa shape index (κ3) is 4.68. The number of nitriles is 1. The van der Waals surface area contributed by atoms with Gasteiger partial charge in [0, 0.05) is 18.1 Å². The highest BCUT2D eigenvalue weighted by atomic mass is 32.2. The zero-order valence-electron chi connectivity index (χ0n) is 15.7. The number of alkyl halides is 6. The van der Waals surface area contributed by atoms with E-state index in [1.165, 1.54) is 18.2 Å². The molecule has 3 rings (SSSR count). The average molecular weight is 492 g/mol. The van der Waals surface area contributed by atoms with Crippen LogP contribution in [0.4, 0.5) is 26.3 Å². The van der Waals surface area contributed by atoms with Crippen LogP contribution in [-0.4, -0.2) is 23.2 Å². The molecule has 0 aliphatic carbocycles. The standard InChI is InChI=1S/C18H10F6N4O2S2/c1-28-15(18(22,23)24)7-13(27-28)14-4-3-11(31-14)6-12(8-25)32(29,30)16-5-2-10(9-26-16)17(19,20)21/h2-7,9H,1H3. The summed E-state index contributed by atoms with van der Waals surface area (Å²) in [4.78, 5) is 2.99. The number of hydrogen-bond acceptors (Lipinski definition) is 6. The van der Waals surface area contributed by atoms with Crippen LogP contribution in [0.2, 0.25) is 0 Å². The molecule has 0 fully saturated rings. The number of pyridine rings is 1. The van der Waals surface area contributed by atoms with Gasteiger partial charge in [-0.05, 0) is 36.4 Å². The lowest BCUT2D eigenvalue weighted by atomic mass is 10.3. The zero-order valence-corrected chi connectivity index (χ0v) is 17.4. The lowest BCUT2D eigenvalue weighted by Crippen LogP contribution is -2.11. The molecular formula is C18H10F6N4O2S2. The Hall–Kier alpha value is -3.18. The molecule has 0 N–H and O–H groups in total. The number of aromatic nitrogens is 3. The van der Waals surface area contributed by atoms with E-state index in [1.54, 1.807) is 0 Å². The number of aryl methyl sites for hydroxylation is 1. The van der Waals surface area contributed by atoms with Gasteiger partial charge in [0.05, 0.1) is 10.4 Å². The van der Waals surface area contributed by atoms with Gasteiger partial charge in [0.25, 0.3) is 0 Å². The summed E-state index contributed by atoms with van der Waals surface area (Å²) in [6.45, 7) is 0. The van der Waals surface area contributed by atoms with E-state index in [2.05, 4.69) is 10.1 Å². The molecule has 0 amide bonds. The summed E-state index contributed by atoms with van der Waals surface area (Å²) in [6.07, 6.45) is -8.04. The molecule has 0 spiro atoms. The second kappa shape index (κ2) is 8.06. The van der Waals surface area contributed by atoms with Crippen molar-refractivity contribution in [3.05, 3.63) is 57.6 Å². The van der Waals surface area contributed by atoms with Crippen molar-refractivity contribution in [3.63, 3.8) is 0 Å². The van der Waals surface area contributed by atoms with Gasteiger partial charge in [-0.2, -0.15) is 36.7 Å². The molecule has 3 heterocycles. The Kier molecular flexibility index (Phi) is 5.92. The molecule has 3 aromatic rings. The summed E-state index contributed by atoms with van der Waals surface area (Å²) in [7, 11) is -3.41. The van der Waals surface area contributed by atoms with Gasteiger partial charge in [-0.25, -0.2) is 13.4 Å². The summed E-state index contributed by atoms with van der Waals surface area (Å²) in [5.41, 5.74) is -2.14. The van der Waals surface area contributed by atoms with Crippen LogP contribution in [-0.2, 0) is 29.2 Å². The molecule has 0 saturated carbocycles. The molecule has 0 bridgehead atoms. The number of rotatable bonds is 4. The van der Waals surface area contributed by atoms with E-state index in [0.29, 0.717) is 23.0 Å². The third-order valence-corrected chi connectivity index (χ3v) is 6.70. The maximum Gasteiger partial charge on any atom is 0.433 e. The van der Waals surface area contributed by atoms with E-state index in [-0.39, 0.29) is 15.4 Å². The van der Waals surface area contributed by atoms with Gasteiger partial charge in [0.15, 0.2) is 9.93 Å². The van der Waals surface area contributed by atoms with Crippen molar-refractivity contribution in [1.82, 2.24) is 14.8 Å². The molecule has 0 unspecified atom stereocenters. The van der Waals surface area contributed by atoms with Crippen molar-refractivity contribution in [1.29, 1.82) is 5.26 Å². The van der Waals surface area contributed by atoms with Crippen LogP contribution in [0, 0.1) is 11.3 Å². The Labute approximate surface area is 181 Å². The van der Waals surface area contributed by atoms with Gasteiger partial charge < -0.3 is 0 Å². The molecule has 3 aromatic heterocycles. The summed E-state index contributed by atoms with van der Waals surface area (Å²) in [5, 5.41) is 12.3. The van der Waals surface area contributed by atoms with Crippen molar-refractivity contribution in [2.24, 2.45) is 7.05 Å². The van der Waals surface area contributed by atoms with Crippen molar-refractivity contribution in [2.45, 2.75) is 17.4 Å². The van der Waals surface area contributed by atoms with E-state index in [4.69, 9.17) is 0 Å². The molecule has 32 heavy (non-hydrogen) atoms. The van der Waals surface area contributed by atoms with Gasteiger partial charge in [0.1, 0.15) is 17.5 Å². The monoisotopic (exact) mass is 492 g/mol. The highest BCUT2D eigenvalue weighted by molar-refractivity contribution is 7.95. The summed E-state index contributed by atoms with van der Waals surface area (Å²) < 4.78 is 103. The van der Waals surface area contributed by atoms with Gasteiger partial charge in [-0.3, -0.25) is 4.68 Å². The van der Waals surface area contributed by atoms with Crippen LogP contribution >= 0.6 is 11.3 Å². The number of nitrogens with zero attached hydrogens (tertiary/aromatic N) is 4. The first-order valence-electron chi connectivity index (χ1n) is 8.35. The fourth-order valence-corrected chi connectivity index (χ4v) is 4.59. The Morgan fingerprint density at radius 3 is 2.31 bits per heavy atom. The van der Waals surface area contributed by atoms with Crippen LogP contribution in [0.25, 0.3) is 16.6 Å². The van der Waals surface area contributed by atoms with Gasteiger partial charge >= 0.3 is 12.4 Å². The van der Waals surface area contributed by atoms with Crippen LogP contribution in [0.15, 0.2) is 46.5 Å². The van der Waals surface area contributed by atoms with Crippen molar-refractivity contribution in [2.75, 3.05) is 0 Å². The maximum absolute atomic E-state index is 12.9. The van der Waals surface area contributed by atoms with E-state index in [0.717, 1.165) is 30.5 Å². The van der Waals surface area contributed by atoms with Crippen LogP contribution in [0.3, 0.4) is 0 Å². The third-order valence-electron chi connectivity index (χ3n) is 4.06. The topological polar surface area (TPSA) is 88.6 Å². The van der Waals surface area contributed by atoms with E-state index in [9.17, 15) is 40.0 Å². The fraction of sp³-hybridized carbons (Fsp3) is 0.167. The van der Waals surface area contributed by atoms with Crippen molar-refractivity contribution >= 4 is 27.3 Å². The molecule has 168 valence electrons. The van der Waals surface area contributed by atoms with Crippen LogP contribution in [0.5, 0.6) is 0 Å². The lowest BCUT2D eigenvalue weighted by Gasteiger charge is -2.07. The minimum atomic E-state index is -4.71. The Balaban J connectivity index is 1.94. The molecule has 0 radical (unpaired) electrons. The molecule has 0 atom stereocenters. The highest BCUT2D eigenvalue weighted by Crippen LogP contribution is 2.35. The minimum Gasteiger partial charge on any atom is -0.263 e. The SMILES string of the molecule is Cn1nc(-c2ccc(C=C(C#N)S(=O)(=O)c3ccc(C(F)(F)F)cn3)s2)cc1C(F)(F)F. The van der Waals surface area contributed by atoms with Crippen molar-refractivity contribution < 1.29 is 34.8 Å². The second-order valence-electron chi connectivity index (χ2n) is 6.24. The second-order valence-corrected chi connectivity index (χ2v) is 9.23. The molecule has 0 saturated heterocycles. The number of hydrogen-bond donors (Lipinski definition) is 0. The summed E-state index contributed by atoms with van der Waals surface area (Å²) >= 11 is 0.875. The predicted molar refractivity (Wildman–Crippen MR) is 102 cm³/mol. The molecule has 14 heteroatoms. The summed E-state index contributed by atoms with van der Waals surface area (Å²) in [5.74, 6) is 0. The maximum atomic E-state index is 12.9. The molecule has 0 aromatic carbocycles. The Morgan fingerprint density at radius 2 is 1.81 bits per heavy atom. The molecular weight excluding hydrogens is 482 g/mol. The molecule has 0 aliphatic rings. The molecule has 0 aliphatic heterocycles. The van der Waals surface area contributed by atoms with Gasteiger partial charge in [0.2, 0.25) is 9.84 Å². The first kappa shape index (κ1) is 23.5. The van der Waals surface area contributed by atoms with Gasteiger partial charge in [-0.15, -0.1) is 11.3 Å². The first-order valence-corrected chi connectivity index (χ1v) is 10.6. The normalized spacial score (nSPS) is 13.2. The number of thiophene rings is 1. The lowest BCUT2D eigenvalue weighted by molar-refractivity contribution is -0.143. The van der Waals surface area contributed by atoms with Crippen molar-refractivity contribution in [3.8, 4) is 16.6 Å². The van der Waals surface area contributed by atoms with E-state index < -0.39 is 43.4 Å². The first-order chi connectivity index (χ1) is 14.7. The minimum absolute atomic E-state index is 0.00440. The summed E-state index contributed by atoms with van der Waals surface area (Å²) in [6, 6.07) is 6.22. The predicted octanol–water partition coefficient (Wildman–Crippen LogP) is 4.92. The number of sulfone groups is 1. The Morgan fingerprint density at radius 1 is 1.12 bits per heavy atom. The Bertz CT molecular complexity index is 1330. The quantitative estimate of drug-likeness (QED) is 0.381. The fourth-order valence-electron chi connectivity index (χ4n) is 2.54. The van der Waals surface area contributed by atoms with Crippen LogP contribution in [0.1, 0.15) is 16.1 Å². The van der Waals surface area contributed by atoms with E-state index in [1.807, 2.05) is 0 Å². The number of allylic oxidation sites excluding steroid dienone is 1. The van der Waals surface area contributed by atoms with Gasteiger partial charge in [-0.1, -0.05) is 0 Å². The molecule has 6 nitrogen and oxygen atoms in total. The number of halogens is 6. The average Bonchev–Trinajstić information content (AvgIpc) is 3.31. The smallest absolute Gasteiger partial charge is 0.263 e. The zero-order chi connectivity index (χ0) is 23.9. The van der Waals surface area contributed by atoms with Crippen LogP contribution < -0.4 is 0 Å².